The summed E-state index contributed by atoms with van der Waals surface area (Å²) in [5.41, 5.74) is 0. The van der Waals surface area contributed by atoms with Gasteiger partial charge in [0.25, 0.3) is 0 Å². The van der Waals surface area contributed by atoms with E-state index >= 15 is 0 Å². The molecule has 0 aromatic carbocycles. The average Bonchev–Trinajstić information content (AvgIpc) is 1.25. The summed E-state index contributed by atoms with van der Waals surface area (Å²) in [7, 11) is -9.90. The smallest absolute Gasteiger partial charge is 0.462 e. The monoisotopic (exact) mass is 1400 g/mol. The van der Waals surface area contributed by atoms with Crippen LogP contribution in [0, 0.1) is 11.8 Å². The van der Waals surface area contributed by atoms with Crippen LogP contribution in [0.2, 0.25) is 0 Å². The van der Waals surface area contributed by atoms with E-state index in [0.717, 1.165) is 108 Å². The first kappa shape index (κ1) is 93.1. The van der Waals surface area contributed by atoms with Gasteiger partial charge in [-0.25, -0.2) is 9.13 Å². The van der Waals surface area contributed by atoms with Gasteiger partial charge in [0.15, 0.2) is 12.2 Å². The lowest BCUT2D eigenvalue weighted by Crippen LogP contribution is -2.30. The first-order valence-electron chi connectivity index (χ1n) is 39.5. The predicted octanol–water partition coefficient (Wildman–Crippen LogP) is 22.3. The van der Waals surface area contributed by atoms with Crippen LogP contribution in [0.4, 0.5) is 0 Å². The van der Waals surface area contributed by atoms with Crippen molar-refractivity contribution in [3.63, 3.8) is 0 Å². The van der Waals surface area contributed by atoms with Crippen molar-refractivity contribution in [2.24, 2.45) is 11.8 Å². The molecule has 0 aromatic heterocycles. The molecule has 0 saturated carbocycles. The summed E-state index contributed by atoms with van der Waals surface area (Å²) in [6.45, 7) is 9.52. The fourth-order valence-corrected chi connectivity index (χ4v) is 13.2. The molecule has 0 saturated heterocycles. The van der Waals surface area contributed by atoms with Crippen LogP contribution in [0.15, 0.2) is 0 Å². The second kappa shape index (κ2) is 67.9. The summed E-state index contributed by atoms with van der Waals surface area (Å²) in [4.78, 5) is 72.6. The number of unbranched alkanes of at least 4 members (excludes halogenated alkanes) is 44. The standard InChI is InChI=1S/C76H148O17P2/c1-7-10-12-14-16-18-19-20-21-22-23-24-25-26-27-28-29-34-37-41-48-54-60-75(80)92-71(64-87-74(79)59-53-47-40-36-33-31-30-32-35-38-44-50-56-68(4)5)66-90-94(82,83)88-62-70(77)63-89-95(84,85)91-67-72(65-86-73(78)58-52-46-39-17-15-13-11-8-2)93-76(81)61-55-49-43-42-45-51-57-69(6)9-3/h68-72,77H,7-67H2,1-6H3,(H,82,83)(H,84,85)/t69?,70-,71-,72-/m1/s1. The number of aliphatic hydroxyl groups excluding tert-OH is 1. The summed E-state index contributed by atoms with van der Waals surface area (Å²) < 4.78 is 68.4. The van der Waals surface area contributed by atoms with E-state index < -0.39 is 97.5 Å². The molecular weight excluding hydrogens is 1250 g/mol. The average molecular weight is 1400 g/mol. The van der Waals surface area contributed by atoms with Crippen LogP contribution in [0.1, 0.15) is 395 Å². The van der Waals surface area contributed by atoms with Gasteiger partial charge in [0, 0.05) is 25.7 Å². The molecule has 0 fully saturated rings. The summed E-state index contributed by atoms with van der Waals surface area (Å²) in [6, 6.07) is 0. The summed E-state index contributed by atoms with van der Waals surface area (Å²) in [6.07, 6.45) is 55.8. The highest BCUT2D eigenvalue weighted by molar-refractivity contribution is 7.47. The van der Waals surface area contributed by atoms with Gasteiger partial charge in [0.05, 0.1) is 26.4 Å². The zero-order valence-electron chi connectivity index (χ0n) is 62.0. The van der Waals surface area contributed by atoms with Crippen LogP contribution in [0.3, 0.4) is 0 Å². The Morgan fingerprint density at radius 1 is 0.305 bits per heavy atom. The molecule has 0 heterocycles. The van der Waals surface area contributed by atoms with Crippen LogP contribution in [-0.4, -0.2) is 96.7 Å². The Kier molecular flexibility index (Phi) is 66.5. The quantitative estimate of drug-likeness (QED) is 0.0222. The predicted molar refractivity (Wildman–Crippen MR) is 386 cm³/mol. The number of hydrogen-bond acceptors (Lipinski definition) is 15. The molecule has 0 radical (unpaired) electrons. The Bertz CT molecular complexity index is 1840. The summed E-state index contributed by atoms with van der Waals surface area (Å²) >= 11 is 0. The maximum atomic E-state index is 13.1. The van der Waals surface area contributed by atoms with Crippen molar-refractivity contribution < 1.29 is 80.2 Å². The molecule has 0 aromatic rings. The zero-order chi connectivity index (χ0) is 70.0. The van der Waals surface area contributed by atoms with Gasteiger partial charge in [-0.15, -0.1) is 0 Å². The molecule has 95 heavy (non-hydrogen) atoms. The van der Waals surface area contributed by atoms with Gasteiger partial charge in [-0.05, 0) is 37.5 Å². The second-order valence-corrected chi connectivity index (χ2v) is 31.0. The van der Waals surface area contributed by atoms with Gasteiger partial charge in [-0.1, -0.05) is 343 Å². The van der Waals surface area contributed by atoms with Crippen molar-refractivity contribution in [2.45, 2.75) is 413 Å². The van der Waals surface area contributed by atoms with Gasteiger partial charge in [0.1, 0.15) is 19.3 Å². The summed E-state index contributed by atoms with van der Waals surface area (Å²) in [5, 5.41) is 10.6. The third kappa shape index (κ3) is 69.0. The van der Waals surface area contributed by atoms with E-state index in [1.54, 1.807) is 0 Å². The van der Waals surface area contributed by atoms with E-state index in [2.05, 4.69) is 41.5 Å². The van der Waals surface area contributed by atoms with Crippen molar-refractivity contribution in [1.29, 1.82) is 0 Å². The molecule has 0 rings (SSSR count). The lowest BCUT2D eigenvalue weighted by molar-refractivity contribution is -0.161. The zero-order valence-corrected chi connectivity index (χ0v) is 63.8. The number of carbonyl (C=O) groups excluding carboxylic acids is 4. The fraction of sp³-hybridized carbons (Fsp3) is 0.947. The molecule has 0 aliphatic heterocycles. The molecule has 19 heteroatoms. The number of carbonyl (C=O) groups is 4. The van der Waals surface area contributed by atoms with Crippen molar-refractivity contribution >= 4 is 39.5 Å². The Morgan fingerprint density at radius 3 is 0.800 bits per heavy atom. The van der Waals surface area contributed by atoms with Crippen LogP contribution in [0.25, 0.3) is 0 Å². The summed E-state index contributed by atoms with van der Waals surface area (Å²) in [5.74, 6) is -0.621. The number of phosphoric acid groups is 2. The van der Waals surface area contributed by atoms with E-state index in [9.17, 15) is 43.2 Å². The molecule has 3 unspecified atom stereocenters. The van der Waals surface area contributed by atoms with E-state index in [-0.39, 0.29) is 25.7 Å². The van der Waals surface area contributed by atoms with Gasteiger partial charge >= 0.3 is 39.5 Å². The van der Waals surface area contributed by atoms with Crippen molar-refractivity contribution in [3.05, 3.63) is 0 Å². The number of ether oxygens (including phenoxy) is 4. The van der Waals surface area contributed by atoms with E-state index in [0.29, 0.717) is 25.7 Å². The Balaban J connectivity index is 5.16. The second-order valence-electron chi connectivity index (χ2n) is 28.1. The highest BCUT2D eigenvalue weighted by Gasteiger charge is 2.30. The molecular formula is C76H148O17P2. The molecule has 0 amide bonds. The largest absolute Gasteiger partial charge is 0.472 e. The molecule has 0 aliphatic carbocycles. The highest BCUT2D eigenvalue weighted by atomic mass is 31.2. The van der Waals surface area contributed by atoms with Crippen LogP contribution in [-0.2, 0) is 65.4 Å². The van der Waals surface area contributed by atoms with Gasteiger partial charge in [-0.3, -0.25) is 37.3 Å². The molecule has 3 N–H and O–H groups in total. The third-order valence-electron chi connectivity index (χ3n) is 18.1. The number of phosphoric ester groups is 2. The first-order chi connectivity index (χ1) is 45.9. The Labute approximate surface area is 581 Å². The van der Waals surface area contributed by atoms with Gasteiger partial charge < -0.3 is 33.8 Å². The van der Waals surface area contributed by atoms with E-state index in [1.165, 1.54) is 205 Å². The van der Waals surface area contributed by atoms with Crippen molar-refractivity contribution in [2.75, 3.05) is 39.6 Å². The minimum Gasteiger partial charge on any atom is -0.462 e. The third-order valence-corrected chi connectivity index (χ3v) is 20.0. The lowest BCUT2D eigenvalue weighted by atomic mass is 10.00. The fourth-order valence-electron chi connectivity index (χ4n) is 11.6. The SMILES string of the molecule is CCCCCCCCCCCCCCCCCCCCCCCCC(=O)O[C@H](COC(=O)CCCCCCCCCCCCCCC(C)C)COP(=O)(O)OC[C@@H](O)COP(=O)(O)OC[C@@H](COC(=O)CCCCCCCCCC)OC(=O)CCCCCCCCC(C)CC. The lowest BCUT2D eigenvalue weighted by Gasteiger charge is -2.21. The van der Waals surface area contributed by atoms with Crippen LogP contribution in [0.5, 0.6) is 0 Å². The Morgan fingerprint density at radius 2 is 0.537 bits per heavy atom. The number of esters is 4. The van der Waals surface area contributed by atoms with Gasteiger partial charge in [-0.2, -0.15) is 0 Å². The van der Waals surface area contributed by atoms with E-state index in [4.69, 9.17) is 37.0 Å². The van der Waals surface area contributed by atoms with Crippen LogP contribution < -0.4 is 0 Å². The molecule has 0 aliphatic rings. The van der Waals surface area contributed by atoms with Crippen molar-refractivity contribution in [1.82, 2.24) is 0 Å². The molecule has 0 spiro atoms. The van der Waals surface area contributed by atoms with Crippen LogP contribution >= 0.6 is 15.6 Å². The maximum Gasteiger partial charge on any atom is 0.472 e. The minimum atomic E-state index is -4.96. The first-order valence-corrected chi connectivity index (χ1v) is 42.5. The van der Waals surface area contributed by atoms with Crippen molar-refractivity contribution in [3.8, 4) is 0 Å². The van der Waals surface area contributed by atoms with E-state index in [1.807, 2.05) is 0 Å². The van der Waals surface area contributed by atoms with Gasteiger partial charge in [0.2, 0.25) is 0 Å². The molecule has 564 valence electrons. The molecule has 6 atom stereocenters. The number of aliphatic hydroxyl groups is 1. The minimum absolute atomic E-state index is 0.103. The normalized spacial score (nSPS) is 14.3. The molecule has 0 bridgehead atoms. The maximum absolute atomic E-state index is 13.1. The number of rotatable bonds is 75. The number of hydrogen-bond donors (Lipinski definition) is 3. The topological polar surface area (TPSA) is 237 Å². The molecule has 17 nitrogen and oxygen atoms in total. The Hall–Kier alpha value is -1.94. The highest BCUT2D eigenvalue weighted by Crippen LogP contribution is 2.45.